The Morgan fingerprint density at radius 1 is 1.33 bits per heavy atom. The number of carbonyl (C=O) groups excluding carboxylic acids is 1. The van der Waals surface area contributed by atoms with E-state index in [4.69, 9.17) is 9.84 Å². The number of rotatable bonds is 2. The van der Waals surface area contributed by atoms with E-state index in [1.807, 2.05) is 0 Å². The summed E-state index contributed by atoms with van der Waals surface area (Å²) < 4.78 is 42.3. The molecule has 1 aliphatic heterocycles. The molecule has 0 bridgehead atoms. The van der Waals surface area contributed by atoms with E-state index in [0.29, 0.717) is 0 Å². The summed E-state index contributed by atoms with van der Waals surface area (Å²) >= 11 is 0. The zero-order chi connectivity index (χ0) is 16.4. The highest BCUT2D eigenvalue weighted by Gasteiger charge is 2.41. The molecular weight excluding hydrogens is 289 g/mol. The Morgan fingerprint density at radius 2 is 1.90 bits per heavy atom. The second kappa shape index (κ2) is 6.39. The molecule has 124 valence electrons. The van der Waals surface area contributed by atoms with Crippen molar-refractivity contribution in [3.63, 3.8) is 0 Å². The fraction of sp³-hybridized carbons (Fsp3) is 0.923. The van der Waals surface area contributed by atoms with Crippen molar-refractivity contribution in [2.45, 2.75) is 51.6 Å². The number of ether oxygens (including phenoxy) is 1. The highest BCUT2D eigenvalue weighted by Crippen LogP contribution is 2.22. The number of nitrogens with zero attached hydrogens (tertiary/aromatic N) is 2. The van der Waals surface area contributed by atoms with Crippen LogP contribution >= 0.6 is 0 Å². The van der Waals surface area contributed by atoms with Gasteiger partial charge in [-0.3, -0.25) is 4.90 Å². The molecule has 0 spiro atoms. The van der Waals surface area contributed by atoms with E-state index in [1.54, 1.807) is 27.7 Å². The monoisotopic (exact) mass is 312 g/mol. The molecule has 2 atom stereocenters. The second-order valence-electron chi connectivity index (χ2n) is 6.33. The van der Waals surface area contributed by atoms with E-state index in [0.717, 1.165) is 0 Å². The maximum absolute atomic E-state index is 12.4. The van der Waals surface area contributed by atoms with Crippen LogP contribution in [0.4, 0.5) is 18.0 Å². The minimum atomic E-state index is -4.62. The second-order valence-corrected chi connectivity index (χ2v) is 6.33. The first-order valence-electron chi connectivity index (χ1n) is 6.87. The molecule has 1 aliphatic rings. The Morgan fingerprint density at radius 3 is 2.33 bits per heavy atom. The van der Waals surface area contributed by atoms with Gasteiger partial charge < -0.3 is 14.7 Å². The molecule has 0 aromatic carbocycles. The molecule has 0 aromatic rings. The molecule has 1 amide bonds. The van der Waals surface area contributed by atoms with E-state index in [-0.39, 0.29) is 25.7 Å². The van der Waals surface area contributed by atoms with Crippen molar-refractivity contribution < 1.29 is 27.8 Å². The van der Waals surface area contributed by atoms with Crippen LogP contribution in [0, 0.1) is 0 Å². The van der Waals surface area contributed by atoms with Gasteiger partial charge in [0.1, 0.15) is 5.60 Å². The van der Waals surface area contributed by atoms with Crippen LogP contribution in [0.5, 0.6) is 0 Å². The van der Waals surface area contributed by atoms with Crippen LogP contribution in [-0.2, 0) is 4.74 Å². The Hall–Kier alpha value is -1.02. The molecule has 1 N–H and O–H groups in total. The molecule has 8 heteroatoms. The zero-order valence-electron chi connectivity index (χ0n) is 12.8. The summed E-state index contributed by atoms with van der Waals surface area (Å²) in [7, 11) is 0. The molecule has 1 fully saturated rings. The maximum Gasteiger partial charge on any atom is 0.415 e. The SMILES string of the molecule is C[C@H]1CN(C(=O)OC(C)(C)C)CCN1C[C@@H](O)C(F)(F)F. The van der Waals surface area contributed by atoms with Crippen molar-refractivity contribution in [1.29, 1.82) is 0 Å². The lowest BCUT2D eigenvalue weighted by Gasteiger charge is -2.40. The number of aliphatic hydroxyl groups excluding tert-OH is 1. The molecule has 0 aromatic heterocycles. The van der Waals surface area contributed by atoms with E-state index < -0.39 is 30.5 Å². The highest BCUT2D eigenvalue weighted by molar-refractivity contribution is 5.68. The number of alkyl halides is 3. The summed E-state index contributed by atoms with van der Waals surface area (Å²) in [6.07, 6.45) is -7.46. The average Bonchev–Trinajstić information content (AvgIpc) is 2.28. The average molecular weight is 312 g/mol. The van der Waals surface area contributed by atoms with Crippen LogP contribution in [0.2, 0.25) is 0 Å². The first kappa shape index (κ1) is 18.0. The van der Waals surface area contributed by atoms with Gasteiger partial charge in [-0.1, -0.05) is 0 Å². The molecule has 1 rings (SSSR count). The standard InChI is InChI=1S/C13H23F3N2O3/c1-9-7-18(11(20)21-12(2,3)4)6-5-17(9)8-10(19)13(14,15)16/h9-10,19H,5-8H2,1-4H3/t9-,10+/m0/s1. The lowest BCUT2D eigenvalue weighted by molar-refractivity contribution is -0.210. The first-order chi connectivity index (χ1) is 9.40. The van der Waals surface area contributed by atoms with Gasteiger partial charge in [0, 0.05) is 32.2 Å². The van der Waals surface area contributed by atoms with Crippen LogP contribution in [0.3, 0.4) is 0 Å². The topological polar surface area (TPSA) is 53.0 Å². The van der Waals surface area contributed by atoms with Crippen molar-refractivity contribution in [2.24, 2.45) is 0 Å². The van der Waals surface area contributed by atoms with Gasteiger partial charge in [-0.15, -0.1) is 0 Å². The number of β-amino-alcohol motifs (C(OH)–C–C–N with tert-alkyl or cyclic N) is 1. The third-order valence-electron chi connectivity index (χ3n) is 3.20. The predicted molar refractivity (Wildman–Crippen MR) is 70.9 cm³/mol. The van der Waals surface area contributed by atoms with Gasteiger partial charge in [0.15, 0.2) is 6.10 Å². The van der Waals surface area contributed by atoms with Gasteiger partial charge in [-0.2, -0.15) is 13.2 Å². The van der Waals surface area contributed by atoms with Crippen molar-refractivity contribution in [1.82, 2.24) is 9.80 Å². The van der Waals surface area contributed by atoms with Gasteiger partial charge in [0.25, 0.3) is 0 Å². The molecule has 0 saturated carbocycles. The minimum absolute atomic E-state index is 0.271. The van der Waals surface area contributed by atoms with Crippen LogP contribution in [-0.4, -0.2) is 71.1 Å². The van der Waals surface area contributed by atoms with Crippen LogP contribution in [0.25, 0.3) is 0 Å². The molecule has 5 nitrogen and oxygen atoms in total. The van der Waals surface area contributed by atoms with E-state index in [9.17, 15) is 18.0 Å². The Labute approximate surface area is 122 Å². The number of halogens is 3. The summed E-state index contributed by atoms with van der Waals surface area (Å²) in [5.41, 5.74) is -0.607. The molecule has 0 aliphatic carbocycles. The third-order valence-corrected chi connectivity index (χ3v) is 3.20. The number of aliphatic hydroxyl groups is 1. The number of piperazine rings is 1. The number of amides is 1. The third kappa shape index (κ3) is 5.70. The molecule has 1 heterocycles. The number of hydrogen-bond acceptors (Lipinski definition) is 4. The van der Waals surface area contributed by atoms with E-state index in [2.05, 4.69) is 0 Å². The first-order valence-corrected chi connectivity index (χ1v) is 6.87. The van der Waals surface area contributed by atoms with Crippen molar-refractivity contribution >= 4 is 6.09 Å². The normalized spacial score (nSPS) is 23.0. The Bertz CT molecular complexity index is 369. The Balaban J connectivity index is 2.53. The van der Waals surface area contributed by atoms with Crippen molar-refractivity contribution in [3.8, 4) is 0 Å². The summed E-state index contributed by atoms with van der Waals surface area (Å²) in [6, 6.07) is -0.275. The summed E-state index contributed by atoms with van der Waals surface area (Å²) in [5, 5.41) is 9.11. The maximum atomic E-state index is 12.4. The lowest BCUT2D eigenvalue weighted by atomic mass is 10.1. The Kier molecular flexibility index (Phi) is 5.49. The zero-order valence-corrected chi connectivity index (χ0v) is 12.8. The molecule has 1 saturated heterocycles. The number of carbonyl (C=O) groups is 1. The fourth-order valence-corrected chi connectivity index (χ4v) is 2.08. The molecule has 0 unspecified atom stereocenters. The lowest BCUT2D eigenvalue weighted by Crippen LogP contribution is -2.57. The van der Waals surface area contributed by atoms with Gasteiger partial charge >= 0.3 is 12.3 Å². The van der Waals surface area contributed by atoms with Gasteiger partial charge in [0.2, 0.25) is 0 Å². The quantitative estimate of drug-likeness (QED) is 0.845. The number of hydrogen-bond donors (Lipinski definition) is 1. The summed E-state index contributed by atoms with van der Waals surface area (Å²) in [4.78, 5) is 14.9. The molecule has 21 heavy (non-hydrogen) atoms. The smallest absolute Gasteiger partial charge is 0.415 e. The van der Waals surface area contributed by atoms with Crippen LogP contribution in [0.1, 0.15) is 27.7 Å². The summed E-state index contributed by atoms with van der Waals surface area (Å²) in [5.74, 6) is 0. The van der Waals surface area contributed by atoms with Crippen LogP contribution in [0.15, 0.2) is 0 Å². The van der Waals surface area contributed by atoms with E-state index in [1.165, 1.54) is 9.80 Å². The molecule has 0 radical (unpaired) electrons. The van der Waals surface area contributed by atoms with Crippen molar-refractivity contribution in [2.75, 3.05) is 26.2 Å². The van der Waals surface area contributed by atoms with Crippen LogP contribution < -0.4 is 0 Å². The van der Waals surface area contributed by atoms with Gasteiger partial charge in [0.05, 0.1) is 0 Å². The van der Waals surface area contributed by atoms with Gasteiger partial charge in [-0.05, 0) is 27.7 Å². The van der Waals surface area contributed by atoms with E-state index >= 15 is 0 Å². The van der Waals surface area contributed by atoms with Gasteiger partial charge in [-0.25, -0.2) is 4.79 Å². The summed E-state index contributed by atoms with van der Waals surface area (Å²) in [6.45, 7) is 7.34. The van der Waals surface area contributed by atoms with Crippen molar-refractivity contribution in [3.05, 3.63) is 0 Å². The largest absolute Gasteiger partial charge is 0.444 e. The molecular formula is C13H23F3N2O3. The predicted octanol–water partition coefficient (Wildman–Crippen LogP) is 1.85. The fourth-order valence-electron chi connectivity index (χ4n) is 2.08. The minimum Gasteiger partial charge on any atom is -0.444 e. The highest BCUT2D eigenvalue weighted by atomic mass is 19.4.